The number of carbonyl (C=O) groups is 1. The Morgan fingerprint density at radius 2 is 1.89 bits per heavy atom. The molecule has 0 saturated heterocycles. The normalized spacial score (nSPS) is 10.6. The topological polar surface area (TPSA) is 25.2 Å². The molecule has 1 heterocycles. The molecule has 0 aliphatic rings. The lowest BCUT2D eigenvalue weighted by atomic mass is 10.2. The van der Waals surface area contributed by atoms with Crippen molar-refractivity contribution in [3.63, 3.8) is 0 Å². The molecule has 0 spiro atoms. The van der Waals surface area contributed by atoms with Crippen molar-refractivity contribution in [1.82, 2.24) is 9.47 Å². The summed E-state index contributed by atoms with van der Waals surface area (Å²) >= 11 is 0. The highest BCUT2D eigenvalue weighted by Gasteiger charge is 2.17. The third-order valence-electron chi connectivity index (χ3n) is 2.98. The van der Waals surface area contributed by atoms with Crippen LogP contribution in [0.4, 0.5) is 0 Å². The highest BCUT2D eigenvalue weighted by atomic mass is 35.5. The van der Waals surface area contributed by atoms with Gasteiger partial charge in [-0.15, -0.1) is 12.4 Å². The molecule has 0 N–H and O–H groups in total. The first-order chi connectivity index (χ1) is 8.50. The van der Waals surface area contributed by atoms with Gasteiger partial charge < -0.3 is 9.47 Å². The third kappa shape index (κ3) is 3.10. The van der Waals surface area contributed by atoms with Crippen LogP contribution in [0.2, 0.25) is 0 Å². The van der Waals surface area contributed by atoms with E-state index in [1.807, 2.05) is 18.2 Å². The van der Waals surface area contributed by atoms with Crippen molar-refractivity contribution >= 4 is 29.2 Å². The largest absolute Gasteiger partial charge is 0.343 e. The molecule has 0 atom stereocenters. The maximum atomic E-state index is 12.2. The first-order valence-corrected chi connectivity index (χ1v) is 6.30. The Morgan fingerprint density at radius 1 is 1.26 bits per heavy atom. The molecule has 1 aromatic carbocycles. The summed E-state index contributed by atoms with van der Waals surface area (Å²) < 4.78 is 2.13. The van der Waals surface area contributed by atoms with E-state index in [2.05, 4.69) is 30.5 Å². The number of para-hydroxylation sites is 1. The first-order valence-electron chi connectivity index (χ1n) is 6.30. The summed E-state index contributed by atoms with van der Waals surface area (Å²) in [5, 5.41) is 1.13. The number of fused-ring (bicyclic) bond motifs is 1. The SMILES string of the molecule is CC(C)Cn1c(C(=O)N(C)C)cc2ccccc21.Cl. The average molecular weight is 281 g/mol. The van der Waals surface area contributed by atoms with E-state index in [0.29, 0.717) is 5.92 Å². The number of halogens is 1. The van der Waals surface area contributed by atoms with Crippen LogP contribution in [-0.2, 0) is 6.54 Å². The van der Waals surface area contributed by atoms with Crippen LogP contribution in [0.3, 0.4) is 0 Å². The predicted molar refractivity (Wildman–Crippen MR) is 82.0 cm³/mol. The van der Waals surface area contributed by atoms with Crippen LogP contribution in [-0.4, -0.2) is 29.5 Å². The minimum atomic E-state index is 0. The summed E-state index contributed by atoms with van der Waals surface area (Å²) in [6.45, 7) is 5.19. The number of hydrogen-bond acceptors (Lipinski definition) is 1. The molecule has 1 amide bonds. The third-order valence-corrected chi connectivity index (χ3v) is 2.98. The van der Waals surface area contributed by atoms with Gasteiger partial charge in [0.05, 0.1) is 0 Å². The number of nitrogens with zero attached hydrogens (tertiary/aromatic N) is 2. The number of benzene rings is 1. The molecule has 2 aromatic rings. The number of rotatable bonds is 3. The summed E-state index contributed by atoms with van der Waals surface area (Å²) in [5.41, 5.74) is 1.91. The zero-order chi connectivity index (χ0) is 13.3. The summed E-state index contributed by atoms with van der Waals surface area (Å²) in [7, 11) is 3.58. The minimum absolute atomic E-state index is 0. The lowest BCUT2D eigenvalue weighted by Gasteiger charge is -2.15. The lowest BCUT2D eigenvalue weighted by Crippen LogP contribution is -2.25. The monoisotopic (exact) mass is 280 g/mol. The van der Waals surface area contributed by atoms with E-state index in [1.165, 1.54) is 0 Å². The van der Waals surface area contributed by atoms with E-state index in [-0.39, 0.29) is 18.3 Å². The van der Waals surface area contributed by atoms with Crippen molar-refractivity contribution < 1.29 is 4.79 Å². The van der Waals surface area contributed by atoms with Gasteiger partial charge in [0.2, 0.25) is 0 Å². The maximum Gasteiger partial charge on any atom is 0.269 e. The van der Waals surface area contributed by atoms with Crippen LogP contribution in [0.25, 0.3) is 10.9 Å². The summed E-state index contributed by atoms with van der Waals surface area (Å²) in [4.78, 5) is 13.9. The Morgan fingerprint density at radius 3 is 2.47 bits per heavy atom. The van der Waals surface area contributed by atoms with E-state index in [9.17, 15) is 4.79 Å². The molecular formula is C15H21ClN2O. The van der Waals surface area contributed by atoms with E-state index in [4.69, 9.17) is 0 Å². The smallest absolute Gasteiger partial charge is 0.269 e. The van der Waals surface area contributed by atoms with E-state index in [0.717, 1.165) is 23.1 Å². The van der Waals surface area contributed by atoms with E-state index in [1.54, 1.807) is 19.0 Å². The highest BCUT2D eigenvalue weighted by Crippen LogP contribution is 2.22. The fourth-order valence-corrected chi connectivity index (χ4v) is 2.18. The molecule has 0 fully saturated rings. The van der Waals surface area contributed by atoms with Crippen molar-refractivity contribution in [2.75, 3.05) is 14.1 Å². The Labute approximate surface area is 120 Å². The highest BCUT2D eigenvalue weighted by molar-refractivity contribution is 5.98. The predicted octanol–water partition coefficient (Wildman–Crippen LogP) is 3.42. The Bertz CT molecular complexity index is 573. The molecule has 0 radical (unpaired) electrons. The van der Waals surface area contributed by atoms with E-state index < -0.39 is 0 Å². The fourth-order valence-electron chi connectivity index (χ4n) is 2.18. The van der Waals surface area contributed by atoms with Crippen LogP contribution >= 0.6 is 12.4 Å². The van der Waals surface area contributed by atoms with Crippen LogP contribution < -0.4 is 0 Å². The minimum Gasteiger partial charge on any atom is -0.343 e. The standard InChI is InChI=1S/C15H20N2O.ClH/c1-11(2)10-17-13-8-6-5-7-12(13)9-14(17)15(18)16(3)4;/h5-9,11H,10H2,1-4H3;1H. The zero-order valence-corrected chi connectivity index (χ0v) is 12.7. The molecule has 104 valence electrons. The first kappa shape index (κ1) is 15.6. The van der Waals surface area contributed by atoms with Gasteiger partial charge in [-0.3, -0.25) is 4.79 Å². The molecular weight excluding hydrogens is 260 g/mol. The average Bonchev–Trinajstić information content (AvgIpc) is 2.66. The van der Waals surface area contributed by atoms with Gasteiger partial charge in [-0.25, -0.2) is 0 Å². The number of hydrogen-bond donors (Lipinski definition) is 0. The summed E-state index contributed by atoms with van der Waals surface area (Å²) in [6.07, 6.45) is 0. The van der Waals surface area contributed by atoms with Gasteiger partial charge in [-0.05, 0) is 18.1 Å². The molecule has 19 heavy (non-hydrogen) atoms. The molecule has 1 aromatic heterocycles. The van der Waals surface area contributed by atoms with E-state index >= 15 is 0 Å². The molecule has 2 rings (SSSR count). The fraction of sp³-hybridized carbons (Fsp3) is 0.400. The molecule has 0 aliphatic heterocycles. The van der Waals surface area contributed by atoms with Crippen molar-refractivity contribution in [1.29, 1.82) is 0 Å². The molecule has 0 bridgehead atoms. The van der Waals surface area contributed by atoms with Gasteiger partial charge in [0.15, 0.2) is 0 Å². The Kier molecular flexibility index (Phi) is 5.01. The van der Waals surface area contributed by atoms with Crippen LogP contribution in [0.5, 0.6) is 0 Å². The molecule has 0 unspecified atom stereocenters. The summed E-state index contributed by atoms with van der Waals surface area (Å²) in [6, 6.07) is 10.1. The van der Waals surface area contributed by atoms with Gasteiger partial charge in [0.1, 0.15) is 5.69 Å². The second kappa shape index (κ2) is 6.11. The zero-order valence-electron chi connectivity index (χ0n) is 11.9. The van der Waals surface area contributed by atoms with Crippen molar-refractivity contribution in [2.45, 2.75) is 20.4 Å². The molecule has 0 saturated carbocycles. The van der Waals surface area contributed by atoms with Gasteiger partial charge in [-0.1, -0.05) is 32.0 Å². The second-order valence-corrected chi connectivity index (χ2v) is 5.29. The molecule has 4 heteroatoms. The lowest BCUT2D eigenvalue weighted by molar-refractivity contribution is 0.0817. The van der Waals surface area contributed by atoms with Crippen molar-refractivity contribution in [2.24, 2.45) is 5.92 Å². The summed E-state index contributed by atoms with van der Waals surface area (Å²) in [5.74, 6) is 0.571. The number of aromatic nitrogens is 1. The van der Waals surface area contributed by atoms with Gasteiger partial charge >= 0.3 is 0 Å². The molecule has 0 aliphatic carbocycles. The Hall–Kier alpha value is -1.48. The van der Waals surface area contributed by atoms with Crippen LogP contribution in [0, 0.1) is 5.92 Å². The molecule has 3 nitrogen and oxygen atoms in total. The van der Waals surface area contributed by atoms with Crippen LogP contribution in [0.15, 0.2) is 30.3 Å². The Balaban J connectivity index is 0.00000180. The maximum absolute atomic E-state index is 12.2. The second-order valence-electron chi connectivity index (χ2n) is 5.29. The number of carbonyl (C=O) groups excluding carboxylic acids is 1. The van der Waals surface area contributed by atoms with Gasteiger partial charge in [0, 0.05) is 31.5 Å². The van der Waals surface area contributed by atoms with Crippen molar-refractivity contribution in [3.8, 4) is 0 Å². The number of amides is 1. The van der Waals surface area contributed by atoms with Gasteiger partial charge in [0.25, 0.3) is 5.91 Å². The van der Waals surface area contributed by atoms with Crippen LogP contribution in [0.1, 0.15) is 24.3 Å². The van der Waals surface area contributed by atoms with Gasteiger partial charge in [-0.2, -0.15) is 0 Å². The quantitative estimate of drug-likeness (QED) is 0.846. The van der Waals surface area contributed by atoms with Crippen molar-refractivity contribution in [3.05, 3.63) is 36.0 Å².